The molecule has 0 saturated carbocycles. The summed E-state index contributed by atoms with van der Waals surface area (Å²) in [4.78, 5) is 23.0. The normalized spacial score (nSPS) is 10.8. The van der Waals surface area contributed by atoms with Crippen molar-refractivity contribution in [3.05, 3.63) is 53.1 Å². The van der Waals surface area contributed by atoms with Crippen LogP contribution in [0.15, 0.2) is 30.6 Å². The van der Waals surface area contributed by atoms with E-state index in [0.717, 1.165) is 12.3 Å². The highest BCUT2D eigenvalue weighted by Gasteiger charge is 2.17. The average molecular weight is 336 g/mol. The number of pyridine rings is 1. The van der Waals surface area contributed by atoms with Gasteiger partial charge in [0.1, 0.15) is 17.0 Å². The minimum atomic E-state index is -0.767. The van der Waals surface area contributed by atoms with Gasteiger partial charge in [0.2, 0.25) is 5.28 Å². The van der Waals surface area contributed by atoms with E-state index in [1.165, 1.54) is 25.4 Å². The fourth-order valence-corrected chi connectivity index (χ4v) is 2.32. The van der Waals surface area contributed by atoms with Crippen molar-refractivity contribution in [1.82, 2.24) is 15.0 Å². The van der Waals surface area contributed by atoms with Crippen LogP contribution in [0, 0.1) is 11.6 Å². The number of esters is 1. The molecule has 0 aliphatic heterocycles. The molecule has 3 aromatic rings. The van der Waals surface area contributed by atoms with Gasteiger partial charge in [-0.1, -0.05) is 0 Å². The van der Waals surface area contributed by atoms with Gasteiger partial charge in [-0.05, 0) is 29.8 Å². The minimum absolute atomic E-state index is 0.0304. The van der Waals surface area contributed by atoms with Crippen LogP contribution in [-0.2, 0) is 4.74 Å². The van der Waals surface area contributed by atoms with Crippen molar-refractivity contribution in [3.8, 4) is 11.3 Å². The van der Waals surface area contributed by atoms with E-state index in [1.54, 1.807) is 0 Å². The molecular weight excluding hydrogens is 328 g/mol. The lowest BCUT2D eigenvalue weighted by Gasteiger charge is -2.08. The van der Waals surface area contributed by atoms with Crippen LogP contribution in [0.5, 0.6) is 0 Å². The van der Waals surface area contributed by atoms with E-state index >= 15 is 0 Å². The van der Waals surface area contributed by atoms with Crippen molar-refractivity contribution in [2.75, 3.05) is 7.11 Å². The fourth-order valence-electron chi connectivity index (χ4n) is 2.18. The maximum absolute atomic E-state index is 14.3. The number of hydrogen-bond donors (Lipinski definition) is 0. The molecule has 23 heavy (non-hydrogen) atoms. The summed E-state index contributed by atoms with van der Waals surface area (Å²) in [6, 6.07) is 3.86. The SMILES string of the molecule is COC(=O)c1ccnc2c(F)cc(-c3nc(Cl)ncc3F)cc12. The third kappa shape index (κ3) is 2.70. The van der Waals surface area contributed by atoms with Crippen molar-refractivity contribution in [2.45, 2.75) is 0 Å². The number of ether oxygens (including phenoxy) is 1. The largest absolute Gasteiger partial charge is 0.465 e. The smallest absolute Gasteiger partial charge is 0.338 e. The zero-order valence-corrected chi connectivity index (χ0v) is 12.4. The van der Waals surface area contributed by atoms with Crippen LogP contribution in [0.1, 0.15) is 10.4 Å². The first-order chi connectivity index (χ1) is 11.0. The summed E-state index contributed by atoms with van der Waals surface area (Å²) in [5.74, 6) is -2.15. The minimum Gasteiger partial charge on any atom is -0.465 e. The van der Waals surface area contributed by atoms with Crippen molar-refractivity contribution < 1.29 is 18.3 Å². The lowest BCUT2D eigenvalue weighted by Crippen LogP contribution is -2.04. The third-order valence-corrected chi connectivity index (χ3v) is 3.37. The predicted octanol–water partition coefficient (Wildman–Crippen LogP) is 3.41. The van der Waals surface area contributed by atoms with Crippen molar-refractivity contribution in [1.29, 1.82) is 0 Å². The van der Waals surface area contributed by atoms with Crippen molar-refractivity contribution in [3.63, 3.8) is 0 Å². The summed E-state index contributed by atoms with van der Waals surface area (Å²) in [5, 5.41) is 0.00441. The fraction of sp³-hybridized carbons (Fsp3) is 0.0667. The van der Waals surface area contributed by atoms with E-state index in [-0.39, 0.29) is 33.0 Å². The third-order valence-electron chi connectivity index (χ3n) is 3.19. The molecule has 0 radical (unpaired) electrons. The summed E-state index contributed by atoms with van der Waals surface area (Å²) in [5.41, 5.74) is 0.0106. The van der Waals surface area contributed by atoms with Crippen LogP contribution < -0.4 is 0 Å². The molecule has 116 valence electrons. The molecular formula is C15H8ClF2N3O2. The Morgan fingerprint density at radius 3 is 2.74 bits per heavy atom. The monoisotopic (exact) mass is 335 g/mol. The summed E-state index contributed by atoms with van der Waals surface area (Å²) in [6.07, 6.45) is 2.18. The molecule has 0 saturated heterocycles. The van der Waals surface area contributed by atoms with Crippen LogP contribution in [0.4, 0.5) is 8.78 Å². The van der Waals surface area contributed by atoms with Gasteiger partial charge >= 0.3 is 5.97 Å². The molecule has 2 heterocycles. The van der Waals surface area contributed by atoms with Crippen LogP contribution >= 0.6 is 11.6 Å². The Labute approximate surface area is 133 Å². The van der Waals surface area contributed by atoms with E-state index < -0.39 is 17.6 Å². The lowest BCUT2D eigenvalue weighted by molar-refractivity contribution is 0.0603. The number of benzene rings is 1. The number of rotatable bonds is 2. The van der Waals surface area contributed by atoms with E-state index in [4.69, 9.17) is 11.6 Å². The number of methoxy groups -OCH3 is 1. The van der Waals surface area contributed by atoms with Gasteiger partial charge in [-0.15, -0.1) is 0 Å². The Morgan fingerprint density at radius 1 is 1.22 bits per heavy atom. The second-order valence-electron chi connectivity index (χ2n) is 4.54. The molecule has 0 atom stereocenters. The Bertz CT molecular complexity index is 934. The number of aromatic nitrogens is 3. The summed E-state index contributed by atoms with van der Waals surface area (Å²) < 4.78 is 32.9. The number of nitrogens with zero attached hydrogens (tertiary/aromatic N) is 3. The second kappa shape index (κ2) is 5.85. The van der Waals surface area contributed by atoms with Gasteiger partial charge < -0.3 is 4.74 Å². The number of hydrogen-bond acceptors (Lipinski definition) is 5. The number of carbonyl (C=O) groups excluding carboxylic acids is 1. The quantitative estimate of drug-likeness (QED) is 0.530. The molecule has 2 aromatic heterocycles. The molecule has 0 bridgehead atoms. The van der Waals surface area contributed by atoms with Gasteiger partial charge in [-0.25, -0.2) is 23.5 Å². The molecule has 0 amide bonds. The molecule has 0 unspecified atom stereocenters. The molecule has 0 fully saturated rings. The molecule has 5 nitrogen and oxygen atoms in total. The molecule has 0 aliphatic carbocycles. The van der Waals surface area contributed by atoms with Crippen LogP contribution in [0.2, 0.25) is 5.28 Å². The first-order valence-corrected chi connectivity index (χ1v) is 6.74. The topological polar surface area (TPSA) is 65.0 Å². The zero-order chi connectivity index (χ0) is 16.6. The maximum atomic E-state index is 14.3. The number of halogens is 3. The van der Waals surface area contributed by atoms with E-state index in [0.29, 0.717) is 0 Å². The number of fused-ring (bicyclic) bond motifs is 1. The molecule has 8 heteroatoms. The first-order valence-electron chi connectivity index (χ1n) is 6.36. The molecule has 0 N–H and O–H groups in total. The molecule has 1 aromatic carbocycles. The second-order valence-corrected chi connectivity index (χ2v) is 4.88. The predicted molar refractivity (Wildman–Crippen MR) is 79.0 cm³/mol. The standard InChI is InChI=1S/C15H8ClF2N3O2/c1-23-14(22)8-2-3-19-13-9(8)4-7(5-10(13)17)12-11(18)6-20-15(16)21-12/h2-6H,1H3. The molecule has 0 spiro atoms. The zero-order valence-electron chi connectivity index (χ0n) is 11.7. The van der Waals surface area contributed by atoms with Crippen molar-refractivity contribution in [2.24, 2.45) is 0 Å². The van der Waals surface area contributed by atoms with Gasteiger partial charge in [0.05, 0.1) is 18.9 Å². The lowest BCUT2D eigenvalue weighted by atomic mass is 10.0. The molecule has 0 aliphatic rings. The van der Waals surface area contributed by atoms with Crippen LogP contribution in [0.3, 0.4) is 0 Å². The van der Waals surface area contributed by atoms with Gasteiger partial charge in [0.15, 0.2) is 5.82 Å². The summed E-state index contributed by atoms with van der Waals surface area (Å²) in [6.45, 7) is 0. The van der Waals surface area contributed by atoms with E-state index in [2.05, 4.69) is 19.7 Å². The van der Waals surface area contributed by atoms with Crippen LogP contribution in [0.25, 0.3) is 22.2 Å². The Kier molecular flexibility index (Phi) is 3.87. The summed E-state index contributed by atoms with van der Waals surface area (Å²) >= 11 is 5.66. The average Bonchev–Trinajstić information content (AvgIpc) is 2.55. The van der Waals surface area contributed by atoms with Gasteiger partial charge in [0.25, 0.3) is 0 Å². The maximum Gasteiger partial charge on any atom is 0.338 e. The Balaban J connectivity index is 2.32. The van der Waals surface area contributed by atoms with Gasteiger partial charge in [0, 0.05) is 17.1 Å². The highest BCUT2D eigenvalue weighted by atomic mass is 35.5. The molecule has 3 rings (SSSR count). The Hall–Kier alpha value is -2.67. The van der Waals surface area contributed by atoms with Gasteiger partial charge in [-0.2, -0.15) is 0 Å². The number of carbonyl (C=O) groups is 1. The van der Waals surface area contributed by atoms with E-state index in [1.807, 2.05) is 0 Å². The van der Waals surface area contributed by atoms with Gasteiger partial charge in [-0.3, -0.25) is 4.98 Å². The first kappa shape index (κ1) is 15.2. The van der Waals surface area contributed by atoms with E-state index in [9.17, 15) is 13.6 Å². The summed E-state index contributed by atoms with van der Waals surface area (Å²) in [7, 11) is 1.21. The highest BCUT2D eigenvalue weighted by Crippen LogP contribution is 2.29. The van der Waals surface area contributed by atoms with Crippen LogP contribution in [-0.4, -0.2) is 28.0 Å². The van der Waals surface area contributed by atoms with Crippen molar-refractivity contribution >= 4 is 28.5 Å². The highest BCUT2D eigenvalue weighted by molar-refractivity contribution is 6.28. The Morgan fingerprint density at radius 2 is 2.00 bits per heavy atom.